The zero-order chi connectivity index (χ0) is 11.0. The molecule has 2 heterocycles. The molecule has 1 saturated carbocycles. The zero-order valence-corrected chi connectivity index (χ0v) is 9.30. The summed E-state index contributed by atoms with van der Waals surface area (Å²) in [5.41, 5.74) is 0.867. The van der Waals surface area contributed by atoms with E-state index in [1.54, 1.807) is 6.20 Å². The average Bonchev–Trinajstić information content (AvgIpc) is 3.08. The van der Waals surface area contributed by atoms with E-state index in [2.05, 4.69) is 20.4 Å². The van der Waals surface area contributed by atoms with Gasteiger partial charge in [0.05, 0.1) is 12.2 Å². The fraction of sp³-hybridized carbons (Fsp3) is 0.400. The van der Waals surface area contributed by atoms with Crippen LogP contribution in [0.3, 0.4) is 0 Å². The lowest BCUT2D eigenvalue weighted by Crippen LogP contribution is -2.06. The van der Waals surface area contributed by atoms with Crippen LogP contribution in [0.2, 0.25) is 5.28 Å². The summed E-state index contributed by atoms with van der Waals surface area (Å²) >= 11 is 6.01. The molecule has 2 aromatic heterocycles. The van der Waals surface area contributed by atoms with Crippen LogP contribution in [0.25, 0.3) is 0 Å². The van der Waals surface area contributed by atoms with Crippen molar-refractivity contribution in [3.63, 3.8) is 0 Å². The SMILES string of the molecule is Clc1nnc(C2CC2)n1Cc1cccnn1. The molecule has 0 aliphatic heterocycles. The van der Waals surface area contributed by atoms with Crippen LogP contribution in [-0.4, -0.2) is 25.0 Å². The van der Waals surface area contributed by atoms with Crippen LogP contribution in [0, 0.1) is 0 Å². The highest BCUT2D eigenvalue weighted by atomic mass is 35.5. The predicted molar refractivity (Wildman–Crippen MR) is 58.1 cm³/mol. The smallest absolute Gasteiger partial charge is 0.225 e. The Balaban J connectivity index is 1.91. The number of aromatic nitrogens is 5. The van der Waals surface area contributed by atoms with E-state index in [1.165, 1.54) is 12.8 Å². The Morgan fingerprint density at radius 3 is 2.88 bits per heavy atom. The van der Waals surface area contributed by atoms with Crippen molar-refractivity contribution in [2.24, 2.45) is 0 Å². The molecule has 1 aliphatic rings. The standard InChI is InChI=1S/C10H10ClN5/c11-10-15-14-9(7-3-4-7)16(10)6-8-2-1-5-12-13-8/h1-2,5,7H,3-4,6H2. The van der Waals surface area contributed by atoms with Gasteiger partial charge >= 0.3 is 0 Å². The molecule has 0 radical (unpaired) electrons. The molecule has 0 atom stereocenters. The van der Waals surface area contributed by atoms with E-state index in [1.807, 2.05) is 16.7 Å². The molecule has 16 heavy (non-hydrogen) atoms. The Bertz CT molecular complexity index is 491. The fourth-order valence-electron chi connectivity index (χ4n) is 1.66. The molecular weight excluding hydrogens is 226 g/mol. The lowest BCUT2D eigenvalue weighted by Gasteiger charge is -2.05. The van der Waals surface area contributed by atoms with Crippen molar-refractivity contribution in [1.29, 1.82) is 0 Å². The normalized spacial score (nSPS) is 15.3. The summed E-state index contributed by atoms with van der Waals surface area (Å²) in [5.74, 6) is 1.49. The lowest BCUT2D eigenvalue weighted by molar-refractivity contribution is 0.700. The molecule has 1 aliphatic carbocycles. The zero-order valence-electron chi connectivity index (χ0n) is 8.54. The number of hydrogen-bond acceptors (Lipinski definition) is 4. The van der Waals surface area contributed by atoms with E-state index >= 15 is 0 Å². The topological polar surface area (TPSA) is 56.5 Å². The van der Waals surface area contributed by atoms with Crippen LogP contribution >= 0.6 is 11.6 Å². The molecule has 5 nitrogen and oxygen atoms in total. The molecule has 6 heteroatoms. The second-order valence-corrected chi connectivity index (χ2v) is 4.24. The summed E-state index contributed by atoms with van der Waals surface area (Å²) in [6.45, 7) is 0.589. The second kappa shape index (κ2) is 3.83. The second-order valence-electron chi connectivity index (χ2n) is 3.90. The Labute approximate surface area is 97.5 Å². The maximum absolute atomic E-state index is 6.01. The van der Waals surface area contributed by atoms with E-state index in [4.69, 9.17) is 11.6 Å². The third-order valence-corrected chi connectivity index (χ3v) is 2.90. The molecule has 0 amide bonds. The summed E-state index contributed by atoms with van der Waals surface area (Å²) in [6.07, 6.45) is 4.00. The van der Waals surface area contributed by atoms with Gasteiger partial charge in [-0.3, -0.25) is 4.57 Å². The van der Waals surface area contributed by atoms with Crippen molar-refractivity contribution in [3.8, 4) is 0 Å². The van der Waals surface area contributed by atoms with Gasteiger partial charge in [-0.15, -0.1) is 10.2 Å². The van der Waals surface area contributed by atoms with E-state index in [0.717, 1.165) is 11.5 Å². The first-order valence-electron chi connectivity index (χ1n) is 5.20. The lowest BCUT2D eigenvalue weighted by atomic mass is 10.3. The van der Waals surface area contributed by atoms with E-state index in [-0.39, 0.29) is 0 Å². The Morgan fingerprint density at radius 2 is 2.19 bits per heavy atom. The number of hydrogen-bond donors (Lipinski definition) is 0. The monoisotopic (exact) mass is 235 g/mol. The summed E-state index contributed by atoms with van der Waals surface area (Å²) < 4.78 is 1.91. The Morgan fingerprint density at radius 1 is 1.31 bits per heavy atom. The van der Waals surface area contributed by atoms with Gasteiger partial charge in [-0.05, 0) is 36.6 Å². The van der Waals surface area contributed by atoms with Crippen molar-refractivity contribution < 1.29 is 0 Å². The summed E-state index contributed by atoms with van der Waals surface area (Å²) in [4.78, 5) is 0. The molecule has 0 saturated heterocycles. The van der Waals surface area contributed by atoms with E-state index in [0.29, 0.717) is 17.7 Å². The maximum atomic E-state index is 6.01. The summed E-state index contributed by atoms with van der Waals surface area (Å²) in [7, 11) is 0. The summed E-state index contributed by atoms with van der Waals surface area (Å²) in [5, 5.41) is 16.3. The Kier molecular flexibility index (Phi) is 2.32. The first kappa shape index (κ1) is 9.72. The number of rotatable bonds is 3. The molecule has 1 fully saturated rings. The molecule has 0 unspecified atom stereocenters. The first-order valence-corrected chi connectivity index (χ1v) is 5.57. The minimum atomic E-state index is 0.424. The van der Waals surface area contributed by atoms with Crippen molar-refractivity contribution in [2.75, 3.05) is 0 Å². The minimum absolute atomic E-state index is 0.424. The highest BCUT2D eigenvalue weighted by Crippen LogP contribution is 2.39. The number of halogens is 1. The van der Waals surface area contributed by atoms with Crippen molar-refractivity contribution in [1.82, 2.24) is 25.0 Å². The van der Waals surface area contributed by atoms with E-state index in [9.17, 15) is 0 Å². The Hall–Kier alpha value is -1.49. The van der Waals surface area contributed by atoms with Crippen molar-refractivity contribution in [3.05, 3.63) is 35.1 Å². The van der Waals surface area contributed by atoms with Gasteiger partial charge in [0.1, 0.15) is 5.82 Å². The molecule has 0 N–H and O–H groups in total. The first-order chi connectivity index (χ1) is 7.84. The molecular formula is C10H10ClN5. The predicted octanol–water partition coefficient (Wildman–Crippen LogP) is 1.65. The average molecular weight is 236 g/mol. The van der Waals surface area contributed by atoms with Gasteiger partial charge in [0.25, 0.3) is 0 Å². The molecule has 0 spiro atoms. The van der Waals surface area contributed by atoms with Crippen LogP contribution in [-0.2, 0) is 6.54 Å². The largest absolute Gasteiger partial charge is 0.295 e. The van der Waals surface area contributed by atoms with Gasteiger partial charge in [-0.25, -0.2) is 0 Å². The fourth-order valence-corrected chi connectivity index (χ4v) is 1.85. The van der Waals surface area contributed by atoms with Crippen LogP contribution in [0.4, 0.5) is 0 Å². The highest BCUT2D eigenvalue weighted by molar-refractivity contribution is 6.28. The van der Waals surface area contributed by atoms with Gasteiger partial charge < -0.3 is 0 Å². The summed E-state index contributed by atoms with van der Waals surface area (Å²) in [6, 6.07) is 3.78. The van der Waals surface area contributed by atoms with Gasteiger partial charge in [0, 0.05) is 12.1 Å². The van der Waals surface area contributed by atoms with Crippen molar-refractivity contribution >= 4 is 11.6 Å². The quantitative estimate of drug-likeness (QED) is 0.812. The third kappa shape index (κ3) is 1.78. The molecule has 3 rings (SSSR count). The van der Waals surface area contributed by atoms with Crippen LogP contribution in [0.5, 0.6) is 0 Å². The number of nitrogens with zero attached hydrogens (tertiary/aromatic N) is 5. The maximum Gasteiger partial charge on any atom is 0.225 e. The minimum Gasteiger partial charge on any atom is -0.295 e. The van der Waals surface area contributed by atoms with E-state index < -0.39 is 0 Å². The van der Waals surface area contributed by atoms with Crippen LogP contribution < -0.4 is 0 Å². The molecule has 0 aromatic carbocycles. The van der Waals surface area contributed by atoms with Gasteiger partial charge in [-0.2, -0.15) is 10.2 Å². The molecule has 82 valence electrons. The van der Waals surface area contributed by atoms with Gasteiger partial charge in [0.2, 0.25) is 5.28 Å². The van der Waals surface area contributed by atoms with Gasteiger partial charge in [0.15, 0.2) is 0 Å². The third-order valence-electron chi connectivity index (χ3n) is 2.62. The van der Waals surface area contributed by atoms with Crippen LogP contribution in [0.1, 0.15) is 30.3 Å². The molecule has 2 aromatic rings. The van der Waals surface area contributed by atoms with Crippen molar-refractivity contribution in [2.45, 2.75) is 25.3 Å². The highest BCUT2D eigenvalue weighted by Gasteiger charge is 2.30. The van der Waals surface area contributed by atoms with Gasteiger partial charge in [-0.1, -0.05) is 0 Å². The van der Waals surface area contributed by atoms with Crippen LogP contribution in [0.15, 0.2) is 18.3 Å². The molecule has 0 bridgehead atoms.